The van der Waals surface area contributed by atoms with Gasteiger partial charge in [0.1, 0.15) is 28.1 Å². The van der Waals surface area contributed by atoms with Crippen LogP contribution < -0.4 is 10.1 Å². The number of ether oxygens (including phenoxy) is 1. The summed E-state index contributed by atoms with van der Waals surface area (Å²) in [7, 11) is 0. The number of para-hydroxylation sites is 1. The average molecular weight is 385 g/mol. The zero-order valence-corrected chi connectivity index (χ0v) is 15.5. The predicted molar refractivity (Wildman–Crippen MR) is 106 cm³/mol. The van der Waals surface area contributed by atoms with Crippen molar-refractivity contribution in [3.63, 3.8) is 0 Å². The van der Waals surface area contributed by atoms with Gasteiger partial charge in [-0.2, -0.15) is 0 Å². The molecule has 3 aromatic rings. The van der Waals surface area contributed by atoms with Crippen LogP contribution in [0.25, 0.3) is 10.2 Å². The molecule has 2 N–H and O–H groups in total. The Labute approximate surface area is 157 Å². The molecular weight excluding hydrogens is 370 g/mol. The number of nitrogens with one attached hydrogen (secondary N) is 1. The van der Waals surface area contributed by atoms with E-state index in [1.54, 1.807) is 35.2 Å². The van der Waals surface area contributed by atoms with Crippen molar-refractivity contribution in [2.24, 2.45) is 4.99 Å². The van der Waals surface area contributed by atoms with Gasteiger partial charge >= 0.3 is 6.09 Å². The average Bonchev–Trinajstić information content (AvgIpc) is 3.03. The summed E-state index contributed by atoms with van der Waals surface area (Å²) in [6.07, 6.45) is -1.10. The highest BCUT2D eigenvalue weighted by Crippen LogP contribution is 2.37. The standard InChI is InChI=1S/C18H15N3O3S2/c1-10-6-14-13(7-12(10)21-18(22)23)20-16(8-24-14)25-9-17-19-11-4-2-3-5-15(11)26-17/h2-7,21H,8-9H2,1H3,(H,22,23). The number of aromatic nitrogens is 1. The first-order valence-corrected chi connectivity index (χ1v) is 9.71. The Hall–Kier alpha value is -2.58. The monoisotopic (exact) mass is 385 g/mol. The van der Waals surface area contributed by atoms with Gasteiger partial charge in [0.2, 0.25) is 0 Å². The summed E-state index contributed by atoms with van der Waals surface area (Å²) < 4.78 is 6.96. The van der Waals surface area contributed by atoms with Gasteiger partial charge < -0.3 is 9.84 Å². The number of carbonyl (C=O) groups is 1. The second-order valence-corrected chi connectivity index (χ2v) is 7.89. The molecule has 8 heteroatoms. The minimum atomic E-state index is -1.10. The minimum absolute atomic E-state index is 0.410. The van der Waals surface area contributed by atoms with E-state index in [0.717, 1.165) is 26.9 Å². The molecule has 1 aliphatic heterocycles. The van der Waals surface area contributed by atoms with Gasteiger partial charge in [0.25, 0.3) is 0 Å². The molecule has 0 saturated heterocycles. The number of aryl methyl sites for hydroxylation is 1. The molecule has 6 nitrogen and oxygen atoms in total. The Morgan fingerprint density at radius 2 is 2.23 bits per heavy atom. The maximum atomic E-state index is 10.9. The van der Waals surface area contributed by atoms with Crippen LogP contribution in [0.4, 0.5) is 16.2 Å². The summed E-state index contributed by atoms with van der Waals surface area (Å²) in [5, 5.41) is 13.2. The lowest BCUT2D eigenvalue weighted by molar-refractivity contribution is 0.209. The van der Waals surface area contributed by atoms with Crippen molar-refractivity contribution in [1.29, 1.82) is 0 Å². The molecule has 0 atom stereocenters. The fraction of sp³-hybridized carbons (Fsp3) is 0.167. The van der Waals surface area contributed by atoms with Crippen molar-refractivity contribution in [2.75, 3.05) is 11.9 Å². The molecule has 0 radical (unpaired) electrons. The van der Waals surface area contributed by atoms with Gasteiger partial charge in [0.05, 0.1) is 16.0 Å². The van der Waals surface area contributed by atoms with E-state index < -0.39 is 6.09 Å². The van der Waals surface area contributed by atoms with Gasteiger partial charge in [0, 0.05) is 5.69 Å². The third kappa shape index (κ3) is 3.51. The molecule has 0 spiro atoms. The van der Waals surface area contributed by atoms with Crippen molar-refractivity contribution in [1.82, 2.24) is 4.98 Å². The second kappa shape index (κ2) is 6.97. The molecule has 0 fully saturated rings. The van der Waals surface area contributed by atoms with E-state index in [4.69, 9.17) is 9.84 Å². The number of rotatable bonds is 3. The van der Waals surface area contributed by atoms with Crippen LogP contribution in [0.15, 0.2) is 41.4 Å². The van der Waals surface area contributed by atoms with E-state index >= 15 is 0 Å². The number of fused-ring (bicyclic) bond motifs is 2. The molecule has 0 saturated carbocycles. The number of nitrogens with zero attached hydrogens (tertiary/aromatic N) is 2. The van der Waals surface area contributed by atoms with Crippen molar-refractivity contribution in [2.45, 2.75) is 12.7 Å². The molecule has 0 bridgehead atoms. The first-order chi connectivity index (χ1) is 12.6. The Morgan fingerprint density at radius 1 is 1.38 bits per heavy atom. The summed E-state index contributed by atoms with van der Waals surface area (Å²) >= 11 is 3.27. The Balaban J connectivity index is 1.52. The molecule has 132 valence electrons. The minimum Gasteiger partial charge on any atom is -0.484 e. The number of aliphatic imine (C=N–C) groups is 1. The lowest BCUT2D eigenvalue weighted by Gasteiger charge is -2.18. The lowest BCUT2D eigenvalue weighted by Crippen LogP contribution is -2.13. The molecule has 1 aliphatic rings. The van der Waals surface area contributed by atoms with Crippen LogP contribution >= 0.6 is 23.1 Å². The molecule has 0 unspecified atom stereocenters. The third-order valence-corrected chi connectivity index (χ3v) is 6.02. The fourth-order valence-corrected chi connectivity index (χ4v) is 4.46. The number of hydrogen-bond donors (Lipinski definition) is 2. The number of thioether (sulfide) groups is 1. The van der Waals surface area contributed by atoms with Crippen molar-refractivity contribution < 1.29 is 14.6 Å². The molecular formula is C18H15N3O3S2. The second-order valence-electron chi connectivity index (χ2n) is 5.72. The number of thiazole rings is 1. The highest BCUT2D eigenvalue weighted by molar-refractivity contribution is 8.13. The zero-order chi connectivity index (χ0) is 18.1. The van der Waals surface area contributed by atoms with Crippen molar-refractivity contribution >= 4 is 55.8 Å². The normalized spacial score (nSPS) is 13.0. The highest BCUT2D eigenvalue weighted by Gasteiger charge is 2.17. The van der Waals surface area contributed by atoms with E-state index in [-0.39, 0.29) is 0 Å². The highest BCUT2D eigenvalue weighted by atomic mass is 32.2. The number of hydrogen-bond acceptors (Lipinski definition) is 6. The topological polar surface area (TPSA) is 83.8 Å². The van der Waals surface area contributed by atoms with Gasteiger partial charge in [-0.3, -0.25) is 5.32 Å². The van der Waals surface area contributed by atoms with Crippen LogP contribution in [0.2, 0.25) is 0 Å². The fourth-order valence-electron chi connectivity index (χ4n) is 2.63. The molecule has 2 aromatic carbocycles. The number of anilines is 1. The van der Waals surface area contributed by atoms with Crippen LogP contribution in [-0.4, -0.2) is 27.8 Å². The van der Waals surface area contributed by atoms with E-state index in [0.29, 0.717) is 23.7 Å². The van der Waals surface area contributed by atoms with Crippen LogP contribution in [0.5, 0.6) is 5.75 Å². The quantitative estimate of drug-likeness (QED) is 0.659. The zero-order valence-electron chi connectivity index (χ0n) is 13.9. The van der Waals surface area contributed by atoms with Crippen molar-refractivity contribution in [3.05, 3.63) is 47.0 Å². The Kier molecular flexibility index (Phi) is 4.52. The van der Waals surface area contributed by atoms with Crippen LogP contribution in [0, 0.1) is 6.92 Å². The van der Waals surface area contributed by atoms with Gasteiger partial charge in [0.15, 0.2) is 0 Å². The maximum Gasteiger partial charge on any atom is 0.409 e. The van der Waals surface area contributed by atoms with Gasteiger partial charge in [-0.15, -0.1) is 11.3 Å². The predicted octanol–water partition coefficient (Wildman–Crippen LogP) is 5.05. The van der Waals surface area contributed by atoms with Gasteiger partial charge in [-0.25, -0.2) is 14.8 Å². The summed E-state index contributed by atoms with van der Waals surface area (Å²) in [4.78, 5) is 20.1. The maximum absolute atomic E-state index is 10.9. The van der Waals surface area contributed by atoms with E-state index in [2.05, 4.69) is 21.4 Å². The molecule has 0 aliphatic carbocycles. The molecule has 26 heavy (non-hydrogen) atoms. The van der Waals surface area contributed by atoms with E-state index in [1.165, 1.54) is 4.70 Å². The summed E-state index contributed by atoms with van der Waals surface area (Å²) in [6.45, 7) is 2.24. The lowest BCUT2D eigenvalue weighted by atomic mass is 10.1. The molecule has 4 rings (SSSR count). The first kappa shape index (κ1) is 16.9. The van der Waals surface area contributed by atoms with Gasteiger partial charge in [-0.05, 0) is 36.8 Å². The van der Waals surface area contributed by atoms with Crippen molar-refractivity contribution in [3.8, 4) is 5.75 Å². The largest absolute Gasteiger partial charge is 0.484 e. The number of benzene rings is 2. The van der Waals surface area contributed by atoms with Crippen LogP contribution in [0.1, 0.15) is 10.6 Å². The van der Waals surface area contributed by atoms with Crippen LogP contribution in [-0.2, 0) is 5.75 Å². The molecule has 2 heterocycles. The van der Waals surface area contributed by atoms with E-state index in [9.17, 15) is 4.79 Å². The van der Waals surface area contributed by atoms with E-state index in [1.807, 2.05) is 25.1 Å². The Bertz CT molecular complexity index is 997. The van der Waals surface area contributed by atoms with Crippen LogP contribution in [0.3, 0.4) is 0 Å². The summed E-state index contributed by atoms with van der Waals surface area (Å²) in [5.74, 6) is 1.39. The smallest absolute Gasteiger partial charge is 0.409 e. The number of amides is 1. The Morgan fingerprint density at radius 3 is 3.04 bits per heavy atom. The molecule has 1 aromatic heterocycles. The summed E-state index contributed by atoms with van der Waals surface area (Å²) in [6, 6.07) is 11.6. The summed E-state index contributed by atoms with van der Waals surface area (Å²) in [5.41, 5.74) is 2.96. The number of carboxylic acid groups (broad SMARTS) is 1. The SMILES string of the molecule is Cc1cc2c(cc1NC(=O)O)N=C(SCc1nc3ccccc3s1)CO2. The third-order valence-electron chi connectivity index (χ3n) is 3.84. The molecule has 1 amide bonds. The van der Waals surface area contributed by atoms with Gasteiger partial charge in [-0.1, -0.05) is 23.9 Å². The first-order valence-electron chi connectivity index (χ1n) is 7.91.